The summed E-state index contributed by atoms with van der Waals surface area (Å²) in [6.45, 7) is 4.87. The second-order valence-corrected chi connectivity index (χ2v) is 4.78. The van der Waals surface area contributed by atoms with Gasteiger partial charge in [-0.2, -0.15) is 4.37 Å². The summed E-state index contributed by atoms with van der Waals surface area (Å²) in [7, 11) is 0. The van der Waals surface area contributed by atoms with Crippen LogP contribution < -0.4 is 5.32 Å². The number of anilines is 1. The van der Waals surface area contributed by atoms with Crippen LogP contribution in [-0.2, 0) is 6.54 Å². The Balaban J connectivity index is 1.98. The Morgan fingerprint density at radius 2 is 2.29 bits per heavy atom. The monoisotopic (exact) mass is 225 g/mol. The van der Waals surface area contributed by atoms with Gasteiger partial charge in [0.15, 0.2) is 0 Å². The fourth-order valence-corrected chi connectivity index (χ4v) is 2.52. The molecule has 0 atom stereocenters. The molecule has 0 bridgehead atoms. The molecule has 2 aromatic rings. The summed E-state index contributed by atoms with van der Waals surface area (Å²) < 4.78 is 4.11. The highest BCUT2D eigenvalue weighted by molar-refractivity contribution is 7.10. The number of rotatable bonds is 3. The van der Waals surface area contributed by atoms with Crippen molar-refractivity contribution in [3.63, 3.8) is 0 Å². The van der Waals surface area contributed by atoms with Crippen LogP contribution in [0.1, 0.15) is 16.3 Å². The molecule has 74 valence electrons. The predicted octanol–water partition coefficient (Wildman–Crippen LogP) is 2.83. The third-order valence-electron chi connectivity index (χ3n) is 1.90. The van der Waals surface area contributed by atoms with Crippen LogP contribution in [0.2, 0.25) is 0 Å². The van der Waals surface area contributed by atoms with Crippen molar-refractivity contribution in [3.8, 4) is 0 Å². The normalized spacial score (nSPS) is 10.4. The van der Waals surface area contributed by atoms with E-state index in [2.05, 4.69) is 33.0 Å². The maximum atomic E-state index is 4.24. The largest absolute Gasteiger partial charge is 0.355 e. The van der Waals surface area contributed by atoms with Gasteiger partial charge in [-0.15, -0.1) is 11.3 Å². The van der Waals surface area contributed by atoms with Crippen LogP contribution in [0, 0.1) is 13.8 Å². The molecule has 2 rings (SSSR count). The van der Waals surface area contributed by atoms with E-state index in [0.717, 1.165) is 17.5 Å². The zero-order chi connectivity index (χ0) is 9.97. The van der Waals surface area contributed by atoms with Crippen molar-refractivity contribution in [1.29, 1.82) is 0 Å². The average Bonchev–Trinajstić information content (AvgIpc) is 2.72. The van der Waals surface area contributed by atoms with Crippen LogP contribution in [-0.4, -0.2) is 9.36 Å². The molecule has 1 N–H and O–H groups in total. The van der Waals surface area contributed by atoms with Gasteiger partial charge in [-0.05, 0) is 30.9 Å². The van der Waals surface area contributed by atoms with E-state index < -0.39 is 0 Å². The summed E-state index contributed by atoms with van der Waals surface area (Å²) in [5, 5.41) is 6.27. The van der Waals surface area contributed by atoms with Crippen LogP contribution in [0.3, 0.4) is 0 Å². The lowest BCUT2D eigenvalue weighted by atomic mass is 10.3. The van der Waals surface area contributed by atoms with Crippen molar-refractivity contribution >= 4 is 28.0 Å². The minimum atomic E-state index is 0.834. The molecule has 0 saturated carbocycles. The number of thiophene rings is 1. The Morgan fingerprint density at radius 3 is 2.86 bits per heavy atom. The van der Waals surface area contributed by atoms with E-state index in [-0.39, 0.29) is 0 Å². The quantitative estimate of drug-likeness (QED) is 0.873. The molecular weight excluding hydrogens is 214 g/mol. The second kappa shape index (κ2) is 4.06. The lowest BCUT2D eigenvalue weighted by Crippen LogP contribution is -1.97. The second-order valence-electron chi connectivity index (χ2n) is 3.03. The molecule has 0 amide bonds. The number of nitrogens with zero attached hydrogens (tertiary/aromatic N) is 2. The zero-order valence-corrected chi connectivity index (χ0v) is 9.71. The van der Waals surface area contributed by atoms with Crippen molar-refractivity contribution < 1.29 is 0 Å². The third-order valence-corrected chi connectivity index (χ3v) is 3.68. The van der Waals surface area contributed by atoms with Crippen LogP contribution in [0.5, 0.6) is 0 Å². The molecule has 5 heteroatoms. The van der Waals surface area contributed by atoms with Gasteiger partial charge in [-0.25, -0.2) is 4.98 Å². The molecule has 0 saturated heterocycles. The molecule has 0 aliphatic heterocycles. The molecule has 0 fully saturated rings. The van der Waals surface area contributed by atoms with Gasteiger partial charge in [0, 0.05) is 16.4 Å². The molecule has 2 aromatic heterocycles. The van der Waals surface area contributed by atoms with E-state index in [1.807, 2.05) is 6.92 Å². The number of aromatic nitrogens is 2. The van der Waals surface area contributed by atoms with E-state index >= 15 is 0 Å². The highest BCUT2D eigenvalue weighted by atomic mass is 32.1. The Labute approximate surface area is 91.0 Å². The van der Waals surface area contributed by atoms with Crippen LogP contribution in [0.25, 0.3) is 0 Å². The molecule has 0 radical (unpaired) electrons. The van der Waals surface area contributed by atoms with Crippen LogP contribution in [0.4, 0.5) is 5.13 Å². The summed E-state index contributed by atoms with van der Waals surface area (Å²) in [5.74, 6) is 0.834. The molecule has 0 aliphatic rings. The minimum Gasteiger partial charge on any atom is -0.355 e. The molecule has 0 spiro atoms. The molecular formula is C9H11N3S2. The zero-order valence-electron chi connectivity index (χ0n) is 8.07. The Kier molecular flexibility index (Phi) is 2.79. The highest BCUT2D eigenvalue weighted by Gasteiger charge is 2.02. The predicted molar refractivity (Wildman–Crippen MR) is 61.0 cm³/mol. The summed E-state index contributed by atoms with van der Waals surface area (Å²) in [6.07, 6.45) is 0. The Morgan fingerprint density at radius 1 is 1.43 bits per heavy atom. The highest BCUT2D eigenvalue weighted by Crippen LogP contribution is 2.18. The summed E-state index contributed by atoms with van der Waals surface area (Å²) in [5.41, 5.74) is 1.34. The van der Waals surface area contributed by atoms with Gasteiger partial charge in [0.25, 0.3) is 0 Å². The first-order chi connectivity index (χ1) is 6.75. The molecule has 0 unspecified atom stereocenters. The van der Waals surface area contributed by atoms with Gasteiger partial charge < -0.3 is 5.32 Å². The first-order valence-electron chi connectivity index (χ1n) is 4.33. The van der Waals surface area contributed by atoms with Crippen molar-refractivity contribution in [2.45, 2.75) is 20.4 Å². The Hall–Kier alpha value is -0.940. The van der Waals surface area contributed by atoms with Gasteiger partial charge >= 0.3 is 0 Å². The maximum absolute atomic E-state index is 4.24. The third kappa shape index (κ3) is 2.10. The van der Waals surface area contributed by atoms with Gasteiger partial charge in [-0.1, -0.05) is 0 Å². The Bertz CT molecular complexity index is 419. The van der Waals surface area contributed by atoms with E-state index in [9.17, 15) is 0 Å². The van der Waals surface area contributed by atoms with Gasteiger partial charge in [0.05, 0.1) is 6.54 Å². The van der Waals surface area contributed by atoms with Crippen molar-refractivity contribution in [1.82, 2.24) is 9.36 Å². The lowest BCUT2D eigenvalue weighted by molar-refractivity contribution is 1.11. The number of aryl methyl sites for hydroxylation is 2. The standard InChI is InChI=1S/C9H11N3S2/c1-6-3-4-13-8(6)5-10-9-11-7(2)12-14-9/h3-4H,5H2,1-2H3,(H,10,11,12). The SMILES string of the molecule is Cc1nsc(NCc2sccc2C)n1. The molecule has 0 aliphatic carbocycles. The van der Waals surface area contributed by atoms with E-state index in [1.54, 1.807) is 11.3 Å². The van der Waals surface area contributed by atoms with Crippen molar-refractivity contribution in [2.75, 3.05) is 5.32 Å². The smallest absolute Gasteiger partial charge is 0.202 e. The fourth-order valence-electron chi connectivity index (χ4n) is 1.11. The van der Waals surface area contributed by atoms with Crippen LogP contribution in [0.15, 0.2) is 11.4 Å². The lowest BCUT2D eigenvalue weighted by Gasteiger charge is -1.99. The first-order valence-corrected chi connectivity index (χ1v) is 5.98. The molecule has 14 heavy (non-hydrogen) atoms. The van der Waals surface area contributed by atoms with E-state index in [1.165, 1.54) is 22.0 Å². The maximum Gasteiger partial charge on any atom is 0.202 e. The van der Waals surface area contributed by atoms with Crippen molar-refractivity contribution in [2.24, 2.45) is 0 Å². The van der Waals surface area contributed by atoms with Gasteiger partial charge in [0.1, 0.15) is 5.82 Å². The molecule has 3 nitrogen and oxygen atoms in total. The molecule has 2 heterocycles. The first kappa shape index (κ1) is 9.61. The van der Waals surface area contributed by atoms with E-state index in [4.69, 9.17) is 0 Å². The fraction of sp³-hybridized carbons (Fsp3) is 0.333. The van der Waals surface area contributed by atoms with E-state index in [0.29, 0.717) is 0 Å². The number of hydrogen-bond donors (Lipinski definition) is 1. The number of hydrogen-bond acceptors (Lipinski definition) is 5. The van der Waals surface area contributed by atoms with Gasteiger partial charge in [-0.3, -0.25) is 0 Å². The minimum absolute atomic E-state index is 0.834. The number of nitrogens with one attached hydrogen (secondary N) is 1. The molecule has 0 aromatic carbocycles. The van der Waals surface area contributed by atoms with Crippen molar-refractivity contribution in [3.05, 3.63) is 27.7 Å². The van der Waals surface area contributed by atoms with Gasteiger partial charge in [0.2, 0.25) is 5.13 Å². The summed E-state index contributed by atoms with van der Waals surface area (Å²) in [6, 6.07) is 2.13. The van der Waals surface area contributed by atoms with Crippen LogP contribution >= 0.6 is 22.9 Å². The summed E-state index contributed by atoms with van der Waals surface area (Å²) >= 11 is 3.18. The summed E-state index contributed by atoms with van der Waals surface area (Å²) in [4.78, 5) is 5.60. The topological polar surface area (TPSA) is 37.8 Å². The average molecular weight is 225 g/mol.